The van der Waals surface area contributed by atoms with Gasteiger partial charge in [-0.25, -0.2) is 9.59 Å². The third kappa shape index (κ3) is 10.2. The van der Waals surface area contributed by atoms with Gasteiger partial charge in [-0.1, -0.05) is 110 Å². The van der Waals surface area contributed by atoms with Crippen LogP contribution in [0.1, 0.15) is 146 Å². The molecule has 5 aromatic rings. The zero-order chi connectivity index (χ0) is 50.6. The number of aryl methyl sites for hydroxylation is 1. The molecule has 4 N–H and O–H groups in total. The Labute approximate surface area is 426 Å². The van der Waals surface area contributed by atoms with Gasteiger partial charge in [-0.15, -0.1) is 0 Å². The van der Waals surface area contributed by atoms with Crippen molar-refractivity contribution in [3.05, 3.63) is 169 Å². The summed E-state index contributed by atoms with van der Waals surface area (Å²) in [4.78, 5) is 44.9. The van der Waals surface area contributed by atoms with Gasteiger partial charge in [0.05, 0.1) is 25.4 Å². The summed E-state index contributed by atoms with van der Waals surface area (Å²) in [6.45, 7) is -0.259. The van der Waals surface area contributed by atoms with Crippen LogP contribution in [0.5, 0.6) is 5.75 Å². The van der Waals surface area contributed by atoms with Gasteiger partial charge in [0.15, 0.2) is 17.8 Å². The van der Waals surface area contributed by atoms with E-state index < -0.39 is 54.7 Å². The van der Waals surface area contributed by atoms with E-state index in [1.807, 2.05) is 6.07 Å². The van der Waals surface area contributed by atoms with Crippen molar-refractivity contribution in [1.82, 2.24) is 0 Å². The number of ether oxygens (including phenoxy) is 4. The molecule has 384 valence electrons. The topological polar surface area (TPSA) is 182 Å². The SMILES string of the molecule is CC(CO)=C1CCc2ccc(cc2)C2C=CC(c3cccc(Cc4ccccc4)c3)CC2CC(=O)OC2c3c(ccc4c(CO)c(C(CCO)COCO)c(=O)oc34)OC3(CCCC4CCCCC43)C2OC1=O. The van der Waals surface area contributed by atoms with E-state index in [0.29, 0.717) is 41.5 Å². The van der Waals surface area contributed by atoms with Crippen molar-refractivity contribution in [2.75, 3.05) is 26.6 Å². The fourth-order valence-electron chi connectivity index (χ4n) is 13.3. The summed E-state index contributed by atoms with van der Waals surface area (Å²) in [5.74, 6) is -1.67. The number of esters is 2. The van der Waals surface area contributed by atoms with Crippen molar-refractivity contribution in [1.29, 1.82) is 0 Å². The molecule has 9 atom stereocenters. The molecule has 3 aliphatic heterocycles. The molecule has 4 heterocycles. The van der Waals surface area contributed by atoms with Crippen LogP contribution in [0.3, 0.4) is 0 Å². The molecule has 3 aliphatic carbocycles. The molecule has 2 fully saturated rings. The number of benzene rings is 4. The molecule has 12 nitrogen and oxygen atoms in total. The molecule has 9 unspecified atom stereocenters. The number of carbonyl (C=O) groups excluding carboxylic acids is 2. The molecule has 0 radical (unpaired) electrons. The molecular weight excluding hydrogens is 925 g/mol. The van der Waals surface area contributed by atoms with Crippen LogP contribution in [-0.2, 0) is 43.2 Å². The predicted molar refractivity (Wildman–Crippen MR) is 275 cm³/mol. The minimum atomic E-state index is -1.32. The highest BCUT2D eigenvalue weighted by atomic mass is 16.6. The van der Waals surface area contributed by atoms with Gasteiger partial charge in [0.25, 0.3) is 0 Å². The summed E-state index contributed by atoms with van der Waals surface area (Å²) in [6, 6.07) is 31.0. The lowest BCUT2D eigenvalue weighted by molar-refractivity contribution is -0.216. The Morgan fingerprint density at radius 2 is 1.60 bits per heavy atom. The van der Waals surface area contributed by atoms with Crippen LogP contribution >= 0.6 is 0 Å². The Bertz CT molecular complexity index is 2900. The van der Waals surface area contributed by atoms with Crippen LogP contribution in [0.15, 0.2) is 124 Å². The monoisotopic (exact) mass is 992 g/mol. The first-order valence-corrected chi connectivity index (χ1v) is 26.4. The molecule has 6 aliphatic rings. The van der Waals surface area contributed by atoms with Gasteiger partial charge >= 0.3 is 17.6 Å². The normalized spacial score (nSPS) is 27.2. The van der Waals surface area contributed by atoms with Gasteiger partial charge in [0.1, 0.15) is 18.1 Å². The van der Waals surface area contributed by atoms with Crippen LogP contribution in [0.2, 0.25) is 0 Å². The number of aliphatic hydroxyl groups is 4. The summed E-state index contributed by atoms with van der Waals surface area (Å²) in [5.41, 5.74) is 5.11. The molecule has 11 rings (SSSR count). The van der Waals surface area contributed by atoms with E-state index in [2.05, 4.69) is 84.9 Å². The van der Waals surface area contributed by atoms with Crippen molar-refractivity contribution in [2.45, 2.75) is 133 Å². The molecule has 2 saturated carbocycles. The van der Waals surface area contributed by atoms with Crippen molar-refractivity contribution >= 4 is 22.9 Å². The summed E-state index contributed by atoms with van der Waals surface area (Å²) < 4.78 is 32.9. The summed E-state index contributed by atoms with van der Waals surface area (Å²) >= 11 is 0. The lowest BCUT2D eigenvalue weighted by Gasteiger charge is -2.56. The van der Waals surface area contributed by atoms with Gasteiger partial charge in [-0.2, -0.15) is 0 Å². The van der Waals surface area contributed by atoms with Crippen molar-refractivity contribution < 1.29 is 53.4 Å². The van der Waals surface area contributed by atoms with Crippen molar-refractivity contribution in [3.8, 4) is 5.75 Å². The molecule has 1 spiro atoms. The standard InChI is InChI=1S/C61H68O12/c1-37(33-63)47-22-18-38-16-19-41(20-17-38)48-23-21-44(43-13-7-11-40(30-43)29-39-9-3-2-4-10-39)31-46(48)32-53(66)70-57-55-52(73-61(58(57)72-59(47)67)27-8-14-42-12-5-6-15-51(42)61)25-24-49-50(34-64)54(60(68)71-56(49)55)45(26-28-62)35-69-36-65/h2-4,7,9-11,13,16-17,19-21,23-25,30,42,44-46,48,51,57-58,62-65H,5-6,8,12,14-15,18,22,26-29,31-36H2,1H3. The Hall–Kier alpha value is -5.89. The zero-order valence-electron chi connectivity index (χ0n) is 41.7. The van der Waals surface area contributed by atoms with Crippen LogP contribution in [0.4, 0.5) is 0 Å². The van der Waals surface area contributed by atoms with E-state index in [-0.39, 0.29) is 90.9 Å². The largest absolute Gasteiger partial charge is 0.482 e. The van der Waals surface area contributed by atoms with Crippen LogP contribution in [-0.4, -0.2) is 70.7 Å². The zero-order valence-corrected chi connectivity index (χ0v) is 41.7. The summed E-state index contributed by atoms with van der Waals surface area (Å²) in [6.07, 6.45) is 10.4. The molecule has 73 heavy (non-hydrogen) atoms. The second-order valence-corrected chi connectivity index (χ2v) is 21.1. The molecular formula is C61H68O12. The minimum Gasteiger partial charge on any atom is -0.482 e. The average Bonchev–Trinajstić information content (AvgIpc) is 3.40. The highest BCUT2D eigenvalue weighted by molar-refractivity contribution is 5.90. The maximum atomic E-state index is 15.4. The van der Waals surface area contributed by atoms with Gasteiger partial charge in [0.2, 0.25) is 0 Å². The highest BCUT2D eigenvalue weighted by Gasteiger charge is 2.62. The Morgan fingerprint density at radius 3 is 2.38 bits per heavy atom. The summed E-state index contributed by atoms with van der Waals surface area (Å²) in [5, 5.41) is 41.6. The van der Waals surface area contributed by atoms with Crippen LogP contribution in [0.25, 0.3) is 11.0 Å². The number of aliphatic hydroxyl groups excluding tert-OH is 4. The van der Waals surface area contributed by atoms with Gasteiger partial charge in [-0.3, -0.25) is 4.79 Å². The van der Waals surface area contributed by atoms with E-state index in [9.17, 15) is 25.2 Å². The Kier molecular flexibility index (Phi) is 15.5. The predicted octanol–water partition coefficient (Wildman–Crippen LogP) is 9.71. The lowest BCUT2D eigenvalue weighted by Crippen LogP contribution is -2.63. The van der Waals surface area contributed by atoms with Gasteiger partial charge < -0.3 is 43.8 Å². The van der Waals surface area contributed by atoms with Crippen molar-refractivity contribution in [2.24, 2.45) is 17.8 Å². The third-order valence-corrected chi connectivity index (χ3v) is 16.9. The van der Waals surface area contributed by atoms with Gasteiger partial charge in [0, 0.05) is 53.2 Å². The van der Waals surface area contributed by atoms with Crippen molar-refractivity contribution in [3.63, 3.8) is 0 Å². The average molecular weight is 993 g/mol. The maximum absolute atomic E-state index is 15.4. The third-order valence-electron chi connectivity index (χ3n) is 16.9. The smallest absolute Gasteiger partial charge is 0.340 e. The van der Waals surface area contributed by atoms with Gasteiger partial charge in [-0.05, 0) is 128 Å². The molecule has 12 heteroatoms. The van der Waals surface area contributed by atoms with Crippen LogP contribution in [0, 0.1) is 17.8 Å². The lowest BCUT2D eigenvalue weighted by atomic mass is 9.59. The molecule has 1 aromatic heterocycles. The number of rotatable bonds is 11. The quantitative estimate of drug-likeness (QED) is 0.0324. The minimum absolute atomic E-state index is 0.0163. The Balaban J connectivity index is 1.12. The Morgan fingerprint density at radius 1 is 0.808 bits per heavy atom. The number of hydrogen-bond donors (Lipinski definition) is 4. The molecule has 0 saturated heterocycles. The number of carbonyl (C=O) groups is 2. The first-order valence-electron chi connectivity index (χ1n) is 26.4. The van der Waals surface area contributed by atoms with E-state index in [0.717, 1.165) is 61.6 Å². The van der Waals surface area contributed by atoms with E-state index >= 15 is 9.59 Å². The molecule has 4 aromatic carbocycles. The fraction of sp³-hybridized carbons (Fsp3) is 0.459. The molecule has 0 amide bonds. The number of fused-ring (bicyclic) bond motifs is 13. The fourth-order valence-corrected chi connectivity index (χ4v) is 13.3. The van der Waals surface area contributed by atoms with Crippen LogP contribution < -0.4 is 10.4 Å². The molecule has 2 bridgehead atoms. The second kappa shape index (κ2) is 22.3. The van der Waals surface area contributed by atoms with E-state index in [1.165, 1.54) is 11.1 Å². The van der Waals surface area contributed by atoms with E-state index in [1.54, 1.807) is 19.1 Å². The second-order valence-electron chi connectivity index (χ2n) is 21.1. The first-order chi connectivity index (χ1) is 35.6. The maximum Gasteiger partial charge on any atom is 0.340 e. The highest BCUT2D eigenvalue weighted by Crippen LogP contribution is 2.58. The summed E-state index contributed by atoms with van der Waals surface area (Å²) in [7, 11) is 0. The number of hydrogen-bond acceptors (Lipinski definition) is 12. The number of allylic oxidation sites excluding steroid dienone is 2. The first kappa shape index (κ1) is 50.6. The van der Waals surface area contributed by atoms with E-state index in [4.69, 9.17) is 23.4 Å².